The molecule has 2 rings (SSSR count). The highest BCUT2D eigenvalue weighted by Gasteiger charge is 2.11. The summed E-state index contributed by atoms with van der Waals surface area (Å²) in [5.41, 5.74) is 1.99. The van der Waals surface area contributed by atoms with E-state index in [-0.39, 0.29) is 12.1 Å². The zero-order valence-electron chi connectivity index (χ0n) is 13.0. The fourth-order valence-corrected chi connectivity index (χ4v) is 2.56. The predicted octanol–water partition coefficient (Wildman–Crippen LogP) is 2.18. The molecule has 1 aromatic carbocycles. The van der Waals surface area contributed by atoms with Gasteiger partial charge in [-0.05, 0) is 57.6 Å². The van der Waals surface area contributed by atoms with Gasteiger partial charge in [0.1, 0.15) is 0 Å². The molecule has 1 unspecified atom stereocenters. The molecule has 1 aliphatic rings. The lowest BCUT2D eigenvalue weighted by Gasteiger charge is -2.15. The van der Waals surface area contributed by atoms with Crippen molar-refractivity contribution in [2.24, 2.45) is 0 Å². The van der Waals surface area contributed by atoms with Gasteiger partial charge >= 0.3 is 6.03 Å². The first-order chi connectivity index (χ1) is 10.2. The van der Waals surface area contributed by atoms with Crippen molar-refractivity contribution in [1.82, 2.24) is 15.5 Å². The standard InChI is InChI=1S/C16H26N4O/c1-13(17-2)14-6-5-7-15(12-14)19-16(21)18-8-11-20-9-3-4-10-20/h5-7,12-13,17H,3-4,8-11H2,1-2H3,(H2,18,19,21). The van der Waals surface area contributed by atoms with Gasteiger partial charge in [-0.2, -0.15) is 0 Å². The second-order valence-electron chi connectivity index (χ2n) is 5.57. The maximum Gasteiger partial charge on any atom is 0.319 e. The first-order valence-electron chi connectivity index (χ1n) is 7.73. The number of nitrogens with zero attached hydrogens (tertiary/aromatic N) is 1. The molecule has 3 N–H and O–H groups in total. The molecule has 1 aliphatic heterocycles. The summed E-state index contributed by atoms with van der Waals surface area (Å²) in [6, 6.07) is 8.06. The number of carbonyl (C=O) groups excluding carboxylic acids is 1. The van der Waals surface area contributed by atoms with Crippen LogP contribution in [-0.4, -0.2) is 44.2 Å². The zero-order chi connectivity index (χ0) is 15.1. The number of benzene rings is 1. The molecular weight excluding hydrogens is 264 g/mol. The van der Waals surface area contributed by atoms with Crippen LogP contribution >= 0.6 is 0 Å². The monoisotopic (exact) mass is 290 g/mol. The number of hydrogen-bond donors (Lipinski definition) is 3. The highest BCUT2D eigenvalue weighted by atomic mass is 16.2. The zero-order valence-corrected chi connectivity index (χ0v) is 13.0. The topological polar surface area (TPSA) is 56.4 Å². The van der Waals surface area contributed by atoms with E-state index in [2.05, 4.69) is 33.8 Å². The third-order valence-electron chi connectivity index (χ3n) is 3.99. The number of anilines is 1. The molecule has 1 fully saturated rings. The van der Waals surface area contributed by atoms with Gasteiger partial charge in [-0.3, -0.25) is 0 Å². The van der Waals surface area contributed by atoms with Crippen molar-refractivity contribution < 1.29 is 4.79 Å². The van der Waals surface area contributed by atoms with Crippen LogP contribution in [0.1, 0.15) is 31.4 Å². The summed E-state index contributed by atoms with van der Waals surface area (Å²) >= 11 is 0. The van der Waals surface area contributed by atoms with E-state index in [0.29, 0.717) is 6.54 Å². The quantitative estimate of drug-likeness (QED) is 0.753. The first-order valence-corrected chi connectivity index (χ1v) is 7.73. The Balaban J connectivity index is 1.76. The molecule has 0 radical (unpaired) electrons. The van der Waals surface area contributed by atoms with Crippen molar-refractivity contribution in [2.45, 2.75) is 25.8 Å². The summed E-state index contributed by atoms with van der Waals surface area (Å²) in [5, 5.41) is 9.00. The average Bonchev–Trinajstić information content (AvgIpc) is 3.00. The minimum atomic E-state index is -0.136. The van der Waals surface area contributed by atoms with Gasteiger partial charge in [0.25, 0.3) is 0 Å². The van der Waals surface area contributed by atoms with Crippen LogP contribution in [-0.2, 0) is 0 Å². The highest BCUT2D eigenvalue weighted by molar-refractivity contribution is 5.89. The molecule has 21 heavy (non-hydrogen) atoms. The third-order valence-corrected chi connectivity index (χ3v) is 3.99. The molecule has 2 amide bonds. The van der Waals surface area contributed by atoms with Gasteiger partial charge in [0.05, 0.1) is 0 Å². The largest absolute Gasteiger partial charge is 0.337 e. The van der Waals surface area contributed by atoms with E-state index in [1.807, 2.05) is 25.2 Å². The van der Waals surface area contributed by atoms with Gasteiger partial charge < -0.3 is 20.9 Å². The summed E-state index contributed by atoms with van der Waals surface area (Å²) in [5.74, 6) is 0. The third kappa shape index (κ3) is 5.02. The van der Waals surface area contributed by atoms with E-state index in [4.69, 9.17) is 0 Å². The Bertz CT molecular complexity index is 457. The van der Waals surface area contributed by atoms with Crippen LogP contribution in [0.25, 0.3) is 0 Å². The number of nitrogens with one attached hydrogen (secondary N) is 3. The summed E-state index contributed by atoms with van der Waals surface area (Å²) in [7, 11) is 1.93. The molecule has 1 atom stereocenters. The molecule has 1 saturated heterocycles. The van der Waals surface area contributed by atoms with Crippen LogP contribution in [0.4, 0.5) is 10.5 Å². The molecule has 0 saturated carbocycles. The van der Waals surface area contributed by atoms with Gasteiger partial charge in [0.2, 0.25) is 0 Å². The van der Waals surface area contributed by atoms with Gasteiger partial charge in [-0.25, -0.2) is 4.79 Å². The maximum absolute atomic E-state index is 11.9. The van der Waals surface area contributed by atoms with Gasteiger partial charge in [-0.1, -0.05) is 12.1 Å². The normalized spacial score (nSPS) is 16.7. The van der Waals surface area contributed by atoms with Crippen molar-refractivity contribution in [3.63, 3.8) is 0 Å². The number of amides is 2. The van der Waals surface area contributed by atoms with E-state index in [9.17, 15) is 4.79 Å². The second kappa shape index (κ2) is 8.00. The van der Waals surface area contributed by atoms with E-state index >= 15 is 0 Å². The van der Waals surface area contributed by atoms with Crippen LogP contribution in [0.5, 0.6) is 0 Å². The van der Waals surface area contributed by atoms with E-state index in [0.717, 1.165) is 30.9 Å². The number of carbonyl (C=O) groups is 1. The maximum atomic E-state index is 11.9. The Morgan fingerprint density at radius 1 is 1.33 bits per heavy atom. The molecule has 0 bridgehead atoms. The summed E-state index contributed by atoms with van der Waals surface area (Å²) in [4.78, 5) is 14.3. The average molecular weight is 290 g/mol. The smallest absolute Gasteiger partial charge is 0.319 e. The second-order valence-corrected chi connectivity index (χ2v) is 5.57. The van der Waals surface area contributed by atoms with Crippen molar-refractivity contribution in [1.29, 1.82) is 0 Å². The minimum absolute atomic E-state index is 0.136. The van der Waals surface area contributed by atoms with Gasteiger partial charge in [0, 0.05) is 24.8 Å². The number of likely N-dealkylation sites (tertiary alicyclic amines) is 1. The summed E-state index contributed by atoms with van der Waals surface area (Å²) in [6.45, 7) is 6.04. The minimum Gasteiger partial charge on any atom is -0.337 e. The van der Waals surface area contributed by atoms with E-state index in [1.165, 1.54) is 12.8 Å². The predicted molar refractivity (Wildman–Crippen MR) is 86.6 cm³/mol. The molecule has 5 nitrogen and oxygen atoms in total. The number of rotatable bonds is 6. The lowest BCUT2D eigenvalue weighted by atomic mass is 10.1. The van der Waals surface area contributed by atoms with Crippen LogP contribution < -0.4 is 16.0 Å². The first kappa shape index (κ1) is 15.8. The van der Waals surface area contributed by atoms with Crippen LogP contribution in [0, 0.1) is 0 Å². The SMILES string of the molecule is CNC(C)c1cccc(NC(=O)NCCN2CCCC2)c1. The van der Waals surface area contributed by atoms with Crippen LogP contribution in [0.2, 0.25) is 0 Å². The molecular formula is C16H26N4O. The Morgan fingerprint density at radius 2 is 2.10 bits per heavy atom. The Kier molecular flexibility index (Phi) is 6.02. The molecule has 0 aromatic heterocycles. The van der Waals surface area contributed by atoms with E-state index in [1.54, 1.807) is 0 Å². The van der Waals surface area contributed by atoms with Crippen LogP contribution in [0.3, 0.4) is 0 Å². The fraction of sp³-hybridized carbons (Fsp3) is 0.562. The van der Waals surface area contributed by atoms with Crippen molar-refractivity contribution in [3.05, 3.63) is 29.8 Å². The lowest BCUT2D eigenvalue weighted by Crippen LogP contribution is -2.35. The van der Waals surface area contributed by atoms with Crippen molar-refractivity contribution >= 4 is 11.7 Å². The fourth-order valence-electron chi connectivity index (χ4n) is 2.56. The molecule has 0 spiro atoms. The Labute approximate surface area is 127 Å². The van der Waals surface area contributed by atoms with Crippen LogP contribution in [0.15, 0.2) is 24.3 Å². The molecule has 0 aliphatic carbocycles. The molecule has 5 heteroatoms. The summed E-state index contributed by atoms with van der Waals surface area (Å²) < 4.78 is 0. The van der Waals surface area contributed by atoms with Crippen molar-refractivity contribution in [3.8, 4) is 0 Å². The highest BCUT2D eigenvalue weighted by Crippen LogP contribution is 2.16. The Hall–Kier alpha value is -1.59. The molecule has 1 aromatic rings. The van der Waals surface area contributed by atoms with Gasteiger partial charge in [0.15, 0.2) is 0 Å². The van der Waals surface area contributed by atoms with Gasteiger partial charge in [-0.15, -0.1) is 0 Å². The molecule has 1 heterocycles. The van der Waals surface area contributed by atoms with E-state index < -0.39 is 0 Å². The molecule has 116 valence electrons. The number of hydrogen-bond acceptors (Lipinski definition) is 3. The van der Waals surface area contributed by atoms with Crippen molar-refractivity contribution in [2.75, 3.05) is 38.5 Å². The number of urea groups is 1. The lowest BCUT2D eigenvalue weighted by molar-refractivity contribution is 0.249. The summed E-state index contributed by atoms with van der Waals surface area (Å²) in [6.07, 6.45) is 2.56. The Morgan fingerprint density at radius 3 is 2.81 bits per heavy atom.